The molecule has 1 saturated heterocycles. The fraction of sp³-hybridized carbons (Fsp3) is 0.545. The van der Waals surface area contributed by atoms with E-state index in [1.54, 1.807) is 11.0 Å². The van der Waals surface area contributed by atoms with Gasteiger partial charge in [0.2, 0.25) is 0 Å². The molecule has 1 aromatic rings. The number of nitrogens with zero attached hydrogens (tertiary/aromatic N) is 3. The van der Waals surface area contributed by atoms with Crippen molar-refractivity contribution in [1.29, 1.82) is 0 Å². The number of carboxylic acid groups (broad SMARTS) is 1. The molecule has 0 aliphatic carbocycles. The smallest absolute Gasteiger partial charge is 0.328 e. The van der Waals surface area contributed by atoms with E-state index < -0.39 is 12.0 Å². The number of hydrogen-bond acceptors (Lipinski definition) is 4. The van der Waals surface area contributed by atoms with Gasteiger partial charge in [0.05, 0.1) is 0 Å². The van der Waals surface area contributed by atoms with E-state index in [1.165, 1.54) is 17.8 Å². The zero-order valence-electron chi connectivity index (χ0n) is 10.1. The summed E-state index contributed by atoms with van der Waals surface area (Å²) >= 11 is 1.83. The summed E-state index contributed by atoms with van der Waals surface area (Å²) in [6.45, 7) is 2.98. The number of thioether (sulfide) groups is 1. The highest BCUT2D eigenvalue weighted by molar-refractivity contribution is 7.99. The third-order valence-corrected chi connectivity index (χ3v) is 3.82. The monoisotopic (exact) mass is 269 g/mol. The summed E-state index contributed by atoms with van der Waals surface area (Å²) in [5.41, 5.74) is 0.315. The minimum Gasteiger partial charge on any atom is -0.480 e. The van der Waals surface area contributed by atoms with Gasteiger partial charge in [-0.25, -0.2) is 4.79 Å². The largest absolute Gasteiger partial charge is 0.480 e. The van der Waals surface area contributed by atoms with Crippen LogP contribution in [0.2, 0.25) is 0 Å². The highest BCUT2D eigenvalue weighted by Crippen LogP contribution is 2.13. The van der Waals surface area contributed by atoms with Gasteiger partial charge in [0.1, 0.15) is 11.7 Å². The van der Waals surface area contributed by atoms with Crippen LogP contribution in [-0.2, 0) is 4.79 Å². The van der Waals surface area contributed by atoms with Gasteiger partial charge in [0, 0.05) is 30.8 Å². The van der Waals surface area contributed by atoms with Gasteiger partial charge < -0.3 is 10.0 Å². The maximum absolute atomic E-state index is 12.1. The highest BCUT2D eigenvalue weighted by atomic mass is 32.2. The molecule has 1 atom stereocenters. The summed E-state index contributed by atoms with van der Waals surface area (Å²) in [6.07, 6.45) is 1.53. The normalized spacial score (nSPS) is 17.5. The molecule has 0 radical (unpaired) electrons. The number of rotatable bonds is 3. The molecule has 0 spiro atoms. The molecule has 1 N–H and O–H groups in total. The number of aliphatic carboxylic acids is 1. The standard InChI is InChI=1S/C11H15N3O3S/c1-8(11(16)17)14-3-2-9(12-14)10(15)13-4-6-18-7-5-13/h2-3,8H,4-7H2,1H3,(H,16,17). The first kappa shape index (κ1) is 12.9. The van der Waals surface area contributed by atoms with Crippen LogP contribution in [0.5, 0.6) is 0 Å². The maximum atomic E-state index is 12.1. The first-order valence-electron chi connectivity index (χ1n) is 5.74. The van der Waals surface area contributed by atoms with Gasteiger partial charge in [-0.1, -0.05) is 0 Å². The lowest BCUT2D eigenvalue weighted by molar-refractivity contribution is -0.140. The van der Waals surface area contributed by atoms with Crippen LogP contribution in [0.1, 0.15) is 23.5 Å². The van der Waals surface area contributed by atoms with Gasteiger partial charge >= 0.3 is 5.97 Å². The van der Waals surface area contributed by atoms with E-state index in [1.807, 2.05) is 11.8 Å². The Morgan fingerprint density at radius 1 is 1.44 bits per heavy atom. The quantitative estimate of drug-likeness (QED) is 0.875. The maximum Gasteiger partial charge on any atom is 0.328 e. The van der Waals surface area contributed by atoms with Crippen molar-refractivity contribution in [1.82, 2.24) is 14.7 Å². The molecule has 1 unspecified atom stereocenters. The SMILES string of the molecule is CC(C(=O)O)n1ccc(C(=O)N2CCSCC2)n1. The lowest BCUT2D eigenvalue weighted by atomic mass is 10.3. The Morgan fingerprint density at radius 2 is 2.11 bits per heavy atom. The second-order valence-corrected chi connectivity index (χ2v) is 5.32. The Bertz CT molecular complexity index is 454. The Hall–Kier alpha value is -1.50. The summed E-state index contributed by atoms with van der Waals surface area (Å²) in [5.74, 6) is 0.800. The van der Waals surface area contributed by atoms with Gasteiger partial charge in [-0.3, -0.25) is 9.48 Å². The number of carbonyl (C=O) groups excluding carboxylic acids is 1. The Morgan fingerprint density at radius 3 is 2.72 bits per heavy atom. The Kier molecular flexibility index (Phi) is 3.90. The molecule has 1 aliphatic heterocycles. The third kappa shape index (κ3) is 2.66. The molecule has 2 rings (SSSR count). The average molecular weight is 269 g/mol. The van der Waals surface area contributed by atoms with E-state index in [9.17, 15) is 9.59 Å². The molecule has 0 saturated carbocycles. The van der Waals surface area contributed by atoms with Crippen molar-refractivity contribution in [2.75, 3.05) is 24.6 Å². The van der Waals surface area contributed by atoms with Gasteiger partial charge in [0.15, 0.2) is 0 Å². The van der Waals surface area contributed by atoms with Gasteiger partial charge in [-0.15, -0.1) is 0 Å². The van der Waals surface area contributed by atoms with Gasteiger partial charge in [0.25, 0.3) is 5.91 Å². The number of carboxylic acids is 1. The fourth-order valence-corrected chi connectivity index (χ4v) is 2.61. The minimum atomic E-state index is -0.966. The zero-order valence-corrected chi connectivity index (χ0v) is 10.9. The summed E-state index contributed by atoms with van der Waals surface area (Å²) in [5, 5.41) is 12.9. The molecule has 1 aromatic heterocycles. The van der Waals surface area contributed by atoms with Crippen molar-refractivity contribution >= 4 is 23.6 Å². The number of carbonyl (C=O) groups is 2. The van der Waals surface area contributed by atoms with E-state index in [4.69, 9.17) is 5.11 Å². The molecule has 0 bridgehead atoms. The van der Waals surface area contributed by atoms with Crippen LogP contribution < -0.4 is 0 Å². The van der Waals surface area contributed by atoms with Crippen molar-refractivity contribution in [3.05, 3.63) is 18.0 Å². The van der Waals surface area contributed by atoms with E-state index in [2.05, 4.69) is 5.10 Å². The van der Waals surface area contributed by atoms with E-state index in [-0.39, 0.29) is 5.91 Å². The van der Waals surface area contributed by atoms with E-state index >= 15 is 0 Å². The zero-order chi connectivity index (χ0) is 13.1. The molecule has 6 nitrogen and oxygen atoms in total. The highest BCUT2D eigenvalue weighted by Gasteiger charge is 2.22. The van der Waals surface area contributed by atoms with Crippen LogP contribution >= 0.6 is 11.8 Å². The minimum absolute atomic E-state index is 0.119. The van der Waals surface area contributed by atoms with Crippen molar-refractivity contribution in [2.45, 2.75) is 13.0 Å². The van der Waals surface area contributed by atoms with Crippen LogP contribution in [0.3, 0.4) is 0 Å². The lowest BCUT2D eigenvalue weighted by Crippen LogP contribution is -2.38. The Labute approximate surface area is 109 Å². The molecule has 7 heteroatoms. The first-order chi connectivity index (χ1) is 8.59. The van der Waals surface area contributed by atoms with Crippen molar-refractivity contribution in [3.8, 4) is 0 Å². The topological polar surface area (TPSA) is 75.4 Å². The molecular weight excluding hydrogens is 254 g/mol. The van der Waals surface area contributed by atoms with Crippen LogP contribution in [0.15, 0.2) is 12.3 Å². The predicted octanol–water partition coefficient (Wildman–Crippen LogP) is 0.718. The van der Waals surface area contributed by atoms with Gasteiger partial charge in [-0.05, 0) is 13.0 Å². The average Bonchev–Trinajstić information content (AvgIpc) is 2.87. The van der Waals surface area contributed by atoms with Crippen molar-refractivity contribution in [2.24, 2.45) is 0 Å². The first-order valence-corrected chi connectivity index (χ1v) is 6.90. The van der Waals surface area contributed by atoms with Crippen LogP contribution in [0.4, 0.5) is 0 Å². The number of hydrogen-bond donors (Lipinski definition) is 1. The molecule has 2 heterocycles. The van der Waals surface area contributed by atoms with Crippen LogP contribution in [-0.4, -0.2) is 56.3 Å². The molecule has 98 valence electrons. The summed E-state index contributed by atoms with van der Waals surface area (Å²) in [6, 6.07) is 0.812. The van der Waals surface area contributed by atoms with Gasteiger partial charge in [-0.2, -0.15) is 16.9 Å². The second kappa shape index (κ2) is 5.43. The van der Waals surface area contributed by atoms with Crippen LogP contribution in [0, 0.1) is 0 Å². The van der Waals surface area contributed by atoms with Crippen molar-refractivity contribution < 1.29 is 14.7 Å². The van der Waals surface area contributed by atoms with Crippen LogP contribution in [0.25, 0.3) is 0 Å². The summed E-state index contributed by atoms with van der Waals surface area (Å²) < 4.78 is 1.30. The predicted molar refractivity (Wildman–Crippen MR) is 67.8 cm³/mol. The third-order valence-electron chi connectivity index (χ3n) is 2.88. The van der Waals surface area contributed by atoms with Crippen molar-refractivity contribution in [3.63, 3.8) is 0 Å². The lowest BCUT2D eigenvalue weighted by Gasteiger charge is -2.25. The number of aromatic nitrogens is 2. The molecule has 1 amide bonds. The van der Waals surface area contributed by atoms with E-state index in [0.29, 0.717) is 5.69 Å². The van der Waals surface area contributed by atoms with E-state index in [0.717, 1.165) is 24.6 Å². The molecule has 1 fully saturated rings. The molecule has 1 aliphatic rings. The summed E-state index contributed by atoms with van der Waals surface area (Å²) in [7, 11) is 0. The Balaban J connectivity index is 2.09. The molecular formula is C11H15N3O3S. The molecule has 0 aromatic carbocycles. The molecule has 18 heavy (non-hydrogen) atoms. The second-order valence-electron chi connectivity index (χ2n) is 4.10. The fourth-order valence-electron chi connectivity index (χ4n) is 1.71. The summed E-state index contributed by atoms with van der Waals surface area (Å²) in [4.78, 5) is 24.7. The number of amides is 1.